The van der Waals surface area contributed by atoms with Gasteiger partial charge in [-0.25, -0.2) is 0 Å². The number of hydrogen-bond acceptors (Lipinski definition) is 2. The van der Waals surface area contributed by atoms with Gasteiger partial charge in [-0.15, -0.1) is 0 Å². The number of rotatable bonds is 2. The Kier molecular flexibility index (Phi) is 3.31. The molecule has 0 aromatic heterocycles. The summed E-state index contributed by atoms with van der Waals surface area (Å²) in [6, 6.07) is 9.01. The number of benzene rings is 1. The number of hydrogen-bond donors (Lipinski definition) is 1. The number of aryl methyl sites for hydroxylation is 1. The first-order chi connectivity index (χ1) is 9.16. The Balaban J connectivity index is 1.75. The average molecular weight is 258 g/mol. The molecule has 0 spiro atoms. The molecule has 0 aliphatic carbocycles. The first-order valence-corrected chi connectivity index (χ1v) is 7.23. The van der Waals surface area contributed by atoms with Crippen molar-refractivity contribution >= 4 is 5.91 Å². The Hall–Kier alpha value is -1.35. The summed E-state index contributed by atoms with van der Waals surface area (Å²) in [5, 5.41) is 3.41. The van der Waals surface area contributed by atoms with Gasteiger partial charge in [0.25, 0.3) is 0 Å². The summed E-state index contributed by atoms with van der Waals surface area (Å²) in [4.78, 5) is 14.8. The second kappa shape index (κ2) is 4.97. The van der Waals surface area contributed by atoms with Crippen LogP contribution in [-0.4, -0.2) is 36.0 Å². The minimum absolute atomic E-state index is 0.290. The predicted octanol–water partition coefficient (Wildman–Crippen LogP) is 1.75. The first kappa shape index (κ1) is 12.7. The summed E-state index contributed by atoms with van der Waals surface area (Å²) in [5.41, 5.74) is 2.37. The van der Waals surface area contributed by atoms with Crippen LogP contribution in [-0.2, 0) is 11.2 Å². The topological polar surface area (TPSA) is 32.3 Å². The number of likely N-dealkylation sites (tertiary alicyclic amines) is 1. The number of nitrogens with one attached hydrogen (secondary N) is 1. The number of nitrogens with zero attached hydrogens (tertiary/aromatic N) is 1. The van der Waals surface area contributed by atoms with E-state index < -0.39 is 0 Å². The zero-order chi connectivity index (χ0) is 13.4. The highest BCUT2D eigenvalue weighted by molar-refractivity contribution is 5.80. The van der Waals surface area contributed by atoms with Crippen LogP contribution in [0.25, 0.3) is 0 Å². The third kappa shape index (κ3) is 2.27. The molecule has 2 aliphatic heterocycles. The van der Waals surface area contributed by atoms with E-state index in [9.17, 15) is 4.79 Å². The van der Waals surface area contributed by atoms with Crippen LogP contribution >= 0.6 is 0 Å². The van der Waals surface area contributed by atoms with Gasteiger partial charge in [-0.1, -0.05) is 24.3 Å². The van der Waals surface area contributed by atoms with Gasteiger partial charge in [-0.3, -0.25) is 4.79 Å². The van der Waals surface area contributed by atoms with Gasteiger partial charge in [0.2, 0.25) is 5.91 Å². The van der Waals surface area contributed by atoms with E-state index in [0.717, 1.165) is 25.1 Å². The molecule has 102 valence electrons. The van der Waals surface area contributed by atoms with Crippen molar-refractivity contribution in [3.05, 3.63) is 35.4 Å². The molecule has 3 unspecified atom stereocenters. The van der Waals surface area contributed by atoms with Crippen molar-refractivity contribution in [3.8, 4) is 0 Å². The molecule has 0 radical (unpaired) electrons. The molecule has 1 N–H and O–H groups in total. The van der Waals surface area contributed by atoms with E-state index in [1.165, 1.54) is 5.56 Å². The van der Waals surface area contributed by atoms with Crippen molar-refractivity contribution in [2.75, 3.05) is 13.1 Å². The fraction of sp³-hybridized carbons (Fsp3) is 0.562. The molecule has 0 bridgehead atoms. The van der Waals surface area contributed by atoms with E-state index >= 15 is 0 Å². The molecule has 3 nitrogen and oxygen atoms in total. The van der Waals surface area contributed by atoms with Crippen LogP contribution in [0.4, 0.5) is 0 Å². The molecule has 2 aliphatic rings. The van der Waals surface area contributed by atoms with Crippen molar-refractivity contribution in [3.63, 3.8) is 0 Å². The van der Waals surface area contributed by atoms with Gasteiger partial charge < -0.3 is 10.2 Å². The molecular formula is C16H22N2O. The van der Waals surface area contributed by atoms with Crippen molar-refractivity contribution in [1.82, 2.24) is 10.2 Å². The highest BCUT2D eigenvalue weighted by Crippen LogP contribution is 2.32. The number of amides is 1. The molecule has 0 saturated carbocycles. The number of fused-ring (bicyclic) bond motifs is 1. The largest absolute Gasteiger partial charge is 0.335 e. The van der Waals surface area contributed by atoms with Crippen LogP contribution in [0.15, 0.2) is 24.3 Å². The maximum atomic E-state index is 12.6. The van der Waals surface area contributed by atoms with Crippen LogP contribution in [0, 0.1) is 12.8 Å². The Morgan fingerprint density at radius 3 is 2.95 bits per heavy atom. The summed E-state index contributed by atoms with van der Waals surface area (Å²) in [6.45, 7) is 6.31. The zero-order valence-corrected chi connectivity index (χ0v) is 11.7. The molecule has 2 heterocycles. The van der Waals surface area contributed by atoms with Gasteiger partial charge in [-0.2, -0.15) is 0 Å². The molecule has 2 saturated heterocycles. The SMILES string of the molecule is Cc1ccccc1CC(=O)N1C(C)CC2CNCC21. The van der Waals surface area contributed by atoms with Crippen molar-refractivity contribution in [2.24, 2.45) is 5.92 Å². The molecule has 1 aromatic rings. The smallest absolute Gasteiger partial charge is 0.227 e. The lowest BCUT2D eigenvalue weighted by Crippen LogP contribution is -2.43. The quantitative estimate of drug-likeness (QED) is 0.876. The van der Waals surface area contributed by atoms with E-state index in [0.29, 0.717) is 24.4 Å². The van der Waals surface area contributed by atoms with Gasteiger partial charge in [0.1, 0.15) is 0 Å². The maximum absolute atomic E-state index is 12.6. The van der Waals surface area contributed by atoms with E-state index in [-0.39, 0.29) is 5.91 Å². The zero-order valence-electron chi connectivity index (χ0n) is 11.7. The normalized spacial score (nSPS) is 29.6. The van der Waals surface area contributed by atoms with Crippen LogP contribution < -0.4 is 5.32 Å². The molecule has 1 aromatic carbocycles. The monoisotopic (exact) mass is 258 g/mol. The van der Waals surface area contributed by atoms with Crippen LogP contribution in [0.2, 0.25) is 0 Å². The molecule has 3 rings (SSSR count). The van der Waals surface area contributed by atoms with E-state index in [1.54, 1.807) is 0 Å². The van der Waals surface area contributed by atoms with E-state index in [1.807, 2.05) is 12.1 Å². The first-order valence-electron chi connectivity index (χ1n) is 7.23. The lowest BCUT2D eigenvalue weighted by Gasteiger charge is -2.28. The Labute approximate surface area is 115 Å². The minimum atomic E-state index is 0.290. The molecule has 1 amide bonds. The molecule has 2 fully saturated rings. The Morgan fingerprint density at radius 1 is 1.37 bits per heavy atom. The van der Waals surface area contributed by atoms with Gasteiger partial charge in [0.15, 0.2) is 0 Å². The van der Waals surface area contributed by atoms with E-state index in [4.69, 9.17) is 0 Å². The van der Waals surface area contributed by atoms with Gasteiger partial charge >= 0.3 is 0 Å². The summed E-state index contributed by atoms with van der Waals surface area (Å²) in [5.74, 6) is 0.953. The lowest BCUT2D eigenvalue weighted by molar-refractivity contribution is -0.133. The second-order valence-electron chi connectivity index (χ2n) is 5.97. The van der Waals surface area contributed by atoms with Crippen molar-refractivity contribution in [1.29, 1.82) is 0 Å². The summed E-state index contributed by atoms with van der Waals surface area (Å²) in [7, 11) is 0. The minimum Gasteiger partial charge on any atom is -0.335 e. The van der Waals surface area contributed by atoms with Crippen LogP contribution in [0.1, 0.15) is 24.5 Å². The summed E-state index contributed by atoms with van der Waals surface area (Å²) in [6.07, 6.45) is 1.69. The fourth-order valence-corrected chi connectivity index (χ4v) is 3.66. The van der Waals surface area contributed by atoms with Crippen molar-refractivity contribution in [2.45, 2.75) is 38.8 Å². The molecule has 3 heteroatoms. The van der Waals surface area contributed by atoms with Crippen molar-refractivity contribution < 1.29 is 4.79 Å². The van der Waals surface area contributed by atoms with Gasteiger partial charge in [0.05, 0.1) is 6.42 Å². The molecule has 19 heavy (non-hydrogen) atoms. The number of carbonyl (C=O) groups is 1. The highest BCUT2D eigenvalue weighted by Gasteiger charge is 2.43. The Morgan fingerprint density at radius 2 is 2.16 bits per heavy atom. The average Bonchev–Trinajstić information content (AvgIpc) is 2.91. The summed E-state index contributed by atoms with van der Waals surface area (Å²) < 4.78 is 0. The number of carbonyl (C=O) groups excluding carboxylic acids is 1. The van der Waals surface area contributed by atoms with E-state index in [2.05, 4.69) is 36.2 Å². The van der Waals surface area contributed by atoms with Gasteiger partial charge in [0, 0.05) is 25.2 Å². The molecule has 3 atom stereocenters. The Bertz CT molecular complexity index is 485. The predicted molar refractivity (Wildman–Crippen MR) is 76.0 cm³/mol. The standard InChI is InChI=1S/C16H22N2O/c1-11-5-3-4-6-13(11)8-16(19)18-12(2)7-14-9-17-10-15(14)18/h3-6,12,14-15,17H,7-10H2,1-2H3. The van der Waals surface area contributed by atoms with Gasteiger partial charge in [-0.05, 0) is 37.3 Å². The summed E-state index contributed by atoms with van der Waals surface area (Å²) >= 11 is 0. The van der Waals surface area contributed by atoms with Crippen LogP contribution in [0.5, 0.6) is 0 Å². The highest BCUT2D eigenvalue weighted by atomic mass is 16.2. The fourth-order valence-electron chi connectivity index (χ4n) is 3.66. The maximum Gasteiger partial charge on any atom is 0.227 e. The van der Waals surface area contributed by atoms with Crippen LogP contribution in [0.3, 0.4) is 0 Å². The second-order valence-corrected chi connectivity index (χ2v) is 5.97. The third-order valence-electron chi connectivity index (χ3n) is 4.67. The third-order valence-corrected chi connectivity index (χ3v) is 4.67. The lowest BCUT2D eigenvalue weighted by atomic mass is 10.0. The molecular weight excluding hydrogens is 236 g/mol.